The number of Topliss-reactive ketones (excluding diaryl/α,β-unsaturated/α-hetero) is 1. The first-order valence-corrected chi connectivity index (χ1v) is 4.98. The molecule has 2 nitrogen and oxygen atoms in total. The summed E-state index contributed by atoms with van der Waals surface area (Å²) in [7, 11) is 0. The van der Waals surface area contributed by atoms with Gasteiger partial charge in [-0.2, -0.15) is 0 Å². The largest absolute Gasteiger partial charge is 0.299 e. The molecule has 1 aliphatic heterocycles. The highest BCUT2D eigenvalue weighted by Gasteiger charge is 2.38. The van der Waals surface area contributed by atoms with Crippen LogP contribution in [-0.2, 0) is 4.79 Å². The van der Waals surface area contributed by atoms with Gasteiger partial charge in [-0.3, -0.25) is 9.69 Å². The molecule has 1 saturated heterocycles. The zero-order valence-corrected chi connectivity index (χ0v) is 9.14. The second kappa shape index (κ2) is 3.97. The highest BCUT2D eigenvalue weighted by Crippen LogP contribution is 2.33. The molecule has 0 aromatic carbocycles. The molecule has 1 saturated carbocycles. The molecule has 2 atom stereocenters. The lowest BCUT2D eigenvalue weighted by molar-refractivity contribution is -0.128. The number of likely N-dealkylation sites (tertiary alicyclic amines) is 1. The van der Waals surface area contributed by atoms with E-state index in [-0.39, 0.29) is 18.3 Å². The van der Waals surface area contributed by atoms with E-state index in [2.05, 4.69) is 18.7 Å². The van der Waals surface area contributed by atoms with Crippen LogP contribution < -0.4 is 0 Å². The van der Waals surface area contributed by atoms with E-state index in [4.69, 9.17) is 0 Å². The van der Waals surface area contributed by atoms with Crippen molar-refractivity contribution >= 4 is 18.2 Å². The fourth-order valence-electron chi connectivity index (χ4n) is 2.15. The Morgan fingerprint density at radius 3 is 2.46 bits per heavy atom. The van der Waals surface area contributed by atoms with Crippen molar-refractivity contribution in [1.82, 2.24) is 4.90 Å². The van der Waals surface area contributed by atoms with Crippen molar-refractivity contribution in [2.75, 3.05) is 6.54 Å². The lowest BCUT2D eigenvalue weighted by Gasteiger charge is -2.37. The highest BCUT2D eigenvalue weighted by atomic mass is 35.5. The Balaban J connectivity index is 0.000000845. The third-order valence-corrected chi connectivity index (χ3v) is 3.39. The number of nitrogens with zero attached hydrogens (tertiary/aromatic N) is 1. The normalized spacial score (nSPS) is 35.7. The molecule has 76 valence electrons. The second-order valence-electron chi connectivity index (χ2n) is 4.21. The van der Waals surface area contributed by atoms with Gasteiger partial charge in [-0.25, -0.2) is 0 Å². The summed E-state index contributed by atoms with van der Waals surface area (Å²) >= 11 is 0. The number of rotatable bonds is 1. The molecule has 2 fully saturated rings. The van der Waals surface area contributed by atoms with Gasteiger partial charge >= 0.3 is 0 Å². The molecule has 2 aliphatic rings. The number of hydrogen-bond donors (Lipinski definition) is 0. The van der Waals surface area contributed by atoms with Crippen LogP contribution in [0.3, 0.4) is 0 Å². The summed E-state index contributed by atoms with van der Waals surface area (Å²) in [5, 5.41) is 0. The number of piperidine rings is 1. The maximum absolute atomic E-state index is 11.4. The molecule has 0 aromatic heterocycles. The molecule has 1 heterocycles. The molecular formula is C10H18ClNO. The van der Waals surface area contributed by atoms with Crippen molar-refractivity contribution in [2.45, 2.75) is 45.2 Å². The Hall–Kier alpha value is -0.0800. The van der Waals surface area contributed by atoms with E-state index in [0.717, 1.165) is 19.0 Å². The number of halogens is 1. The van der Waals surface area contributed by atoms with Crippen molar-refractivity contribution in [3.8, 4) is 0 Å². The monoisotopic (exact) mass is 203 g/mol. The van der Waals surface area contributed by atoms with Crippen molar-refractivity contribution in [1.29, 1.82) is 0 Å². The first-order valence-electron chi connectivity index (χ1n) is 4.98. The molecule has 2 unspecified atom stereocenters. The molecule has 0 spiro atoms. The van der Waals surface area contributed by atoms with E-state index in [1.807, 2.05) is 0 Å². The van der Waals surface area contributed by atoms with Gasteiger partial charge in [0.05, 0.1) is 0 Å². The number of hydrogen-bond acceptors (Lipinski definition) is 2. The minimum absolute atomic E-state index is 0. The summed E-state index contributed by atoms with van der Waals surface area (Å²) in [5.74, 6) is 0.721. The van der Waals surface area contributed by atoms with Crippen molar-refractivity contribution < 1.29 is 4.79 Å². The molecule has 1 aliphatic carbocycles. The first kappa shape index (κ1) is 11.0. The van der Waals surface area contributed by atoms with Gasteiger partial charge in [0.1, 0.15) is 5.78 Å². The van der Waals surface area contributed by atoms with Gasteiger partial charge in [-0.15, -0.1) is 12.4 Å². The fraction of sp³-hybridized carbons (Fsp3) is 0.900. The van der Waals surface area contributed by atoms with Crippen LogP contribution >= 0.6 is 12.4 Å². The van der Waals surface area contributed by atoms with Gasteiger partial charge in [0.25, 0.3) is 0 Å². The van der Waals surface area contributed by atoms with Crippen LogP contribution in [0.15, 0.2) is 0 Å². The Labute approximate surface area is 86.1 Å². The average Bonchev–Trinajstić information content (AvgIpc) is 2.84. The van der Waals surface area contributed by atoms with Crippen molar-refractivity contribution in [2.24, 2.45) is 5.92 Å². The van der Waals surface area contributed by atoms with Gasteiger partial charge in [-0.1, -0.05) is 6.92 Å². The van der Waals surface area contributed by atoms with Gasteiger partial charge in [0.15, 0.2) is 0 Å². The molecule has 0 amide bonds. The molecule has 0 radical (unpaired) electrons. The maximum Gasteiger partial charge on any atom is 0.138 e. The minimum atomic E-state index is 0. The van der Waals surface area contributed by atoms with E-state index in [1.54, 1.807) is 0 Å². The zero-order valence-electron chi connectivity index (χ0n) is 8.32. The summed E-state index contributed by atoms with van der Waals surface area (Å²) in [5.41, 5.74) is 0. The summed E-state index contributed by atoms with van der Waals surface area (Å²) in [4.78, 5) is 13.9. The van der Waals surface area contributed by atoms with Crippen LogP contribution in [0.4, 0.5) is 0 Å². The van der Waals surface area contributed by atoms with Crippen LogP contribution in [0.2, 0.25) is 0 Å². The summed E-state index contributed by atoms with van der Waals surface area (Å²) in [6, 6.07) is 1.30. The Bertz CT molecular complexity index is 203. The molecular weight excluding hydrogens is 186 g/mol. The van der Waals surface area contributed by atoms with Crippen molar-refractivity contribution in [3.63, 3.8) is 0 Å². The second-order valence-corrected chi connectivity index (χ2v) is 4.21. The fourth-order valence-corrected chi connectivity index (χ4v) is 2.15. The van der Waals surface area contributed by atoms with Gasteiger partial charge < -0.3 is 0 Å². The van der Waals surface area contributed by atoms with Gasteiger partial charge in [-0.05, 0) is 19.8 Å². The molecule has 0 N–H and O–H groups in total. The highest BCUT2D eigenvalue weighted by molar-refractivity contribution is 5.85. The van der Waals surface area contributed by atoms with Crippen LogP contribution in [-0.4, -0.2) is 29.3 Å². The van der Waals surface area contributed by atoms with Crippen LogP contribution in [0, 0.1) is 5.92 Å². The predicted molar refractivity (Wildman–Crippen MR) is 55.2 cm³/mol. The third kappa shape index (κ3) is 2.05. The molecule has 2 rings (SSSR count). The summed E-state index contributed by atoms with van der Waals surface area (Å²) in [6.45, 7) is 5.27. The van der Waals surface area contributed by atoms with E-state index in [9.17, 15) is 4.79 Å². The van der Waals surface area contributed by atoms with E-state index in [1.165, 1.54) is 12.8 Å². The van der Waals surface area contributed by atoms with Crippen LogP contribution in [0.25, 0.3) is 0 Å². The lowest BCUT2D eigenvalue weighted by Crippen LogP contribution is -2.47. The Morgan fingerprint density at radius 1 is 1.31 bits per heavy atom. The smallest absolute Gasteiger partial charge is 0.138 e. The number of carbonyl (C=O) groups excluding carboxylic acids is 1. The number of ketones is 1. The van der Waals surface area contributed by atoms with E-state index in [0.29, 0.717) is 11.8 Å². The third-order valence-electron chi connectivity index (χ3n) is 3.39. The minimum Gasteiger partial charge on any atom is -0.299 e. The van der Waals surface area contributed by atoms with E-state index < -0.39 is 0 Å². The average molecular weight is 204 g/mol. The van der Waals surface area contributed by atoms with Gasteiger partial charge in [0.2, 0.25) is 0 Å². The quantitative estimate of drug-likeness (QED) is 0.649. The Morgan fingerprint density at radius 2 is 1.92 bits per heavy atom. The molecule has 0 aromatic rings. The summed E-state index contributed by atoms with van der Waals surface area (Å²) < 4.78 is 0. The standard InChI is InChI=1S/C10H17NO.ClH/c1-7-8(2)11(9-3-4-9)6-5-10(7)12;/h7-9H,3-6H2,1-2H3;1H. The topological polar surface area (TPSA) is 20.3 Å². The van der Waals surface area contributed by atoms with Gasteiger partial charge in [0, 0.05) is 31.0 Å². The van der Waals surface area contributed by atoms with E-state index >= 15 is 0 Å². The molecule has 0 bridgehead atoms. The van der Waals surface area contributed by atoms with Crippen LogP contribution in [0.5, 0.6) is 0 Å². The molecule has 3 heteroatoms. The zero-order chi connectivity index (χ0) is 8.72. The Kier molecular flexibility index (Phi) is 3.36. The molecule has 13 heavy (non-hydrogen) atoms. The lowest BCUT2D eigenvalue weighted by atomic mass is 9.90. The van der Waals surface area contributed by atoms with Crippen LogP contribution in [0.1, 0.15) is 33.1 Å². The van der Waals surface area contributed by atoms with Crippen molar-refractivity contribution in [3.05, 3.63) is 0 Å². The SMILES string of the molecule is CC1C(=O)CCN(C2CC2)C1C.Cl. The predicted octanol–water partition coefficient (Wildman–Crippen LogP) is 1.87. The maximum atomic E-state index is 11.4. The summed E-state index contributed by atoms with van der Waals surface area (Å²) in [6.07, 6.45) is 3.48. The first-order chi connectivity index (χ1) is 5.70. The number of carbonyl (C=O) groups is 1.